The maximum absolute atomic E-state index is 13.2. The molecule has 0 saturated heterocycles. The largest absolute Gasteiger partial charge is 0.478 e. The van der Waals surface area contributed by atoms with Crippen molar-refractivity contribution in [3.63, 3.8) is 0 Å². The molecule has 0 amide bonds. The highest BCUT2D eigenvalue weighted by molar-refractivity contribution is 7.98. The highest BCUT2D eigenvalue weighted by Crippen LogP contribution is 2.21. The molecule has 1 aromatic rings. The summed E-state index contributed by atoms with van der Waals surface area (Å²) >= 11 is 1.39. The molecular formula is C9H9FO2S. The summed E-state index contributed by atoms with van der Waals surface area (Å²) in [5.41, 5.74) is 0.105. The van der Waals surface area contributed by atoms with Crippen molar-refractivity contribution in [3.05, 3.63) is 29.1 Å². The summed E-state index contributed by atoms with van der Waals surface area (Å²) in [7, 11) is 0. The van der Waals surface area contributed by atoms with E-state index in [1.54, 1.807) is 13.0 Å². The number of thioether (sulfide) groups is 1. The Hall–Kier alpha value is -1.03. The molecule has 0 atom stereocenters. The van der Waals surface area contributed by atoms with Crippen molar-refractivity contribution in [3.8, 4) is 0 Å². The summed E-state index contributed by atoms with van der Waals surface area (Å²) in [5.74, 6) is -1.87. The first kappa shape index (κ1) is 10.1. The van der Waals surface area contributed by atoms with Crippen LogP contribution in [0.2, 0.25) is 0 Å². The Morgan fingerprint density at radius 2 is 2.15 bits per heavy atom. The third kappa shape index (κ3) is 2.01. The molecule has 0 spiro atoms. The SMILES string of the molecule is CSc1cc(C)c(F)c(C(=O)O)c1. The summed E-state index contributed by atoms with van der Waals surface area (Å²) in [6, 6.07) is 2.97. The van der Waals surface area contributed by atoms with Gasteiger partial charge in [-0.1, -0.05) is 0 Å². The highest BCUT2D eigenvalue weighted by atomic mass is 32.2. The molecule has 0 aliphatic carbocycles. The lowest BCUT2D eigenvalue weighted by Crippen LogP contribution is -2.02. The Bertz CT molecular complexity index is 350. The maximum Gasteiger partial charge on any atom is 0.338 e. The smallest absolute Gasteiger partial charge is 0.338 e. The van der Waals surface area contributed by atoms with Gasteiger partial charge in [0.25, 0.3) is 0 Å². The van der Waals surface area contributed by atoms with E-state index in [1.807, 2.05) is 6.26 Å². The second kappa shape index (κ2) is 3.79. The summed E-state index contributed by atoms with van der Waals surface area (Å²) in [6.07, 6.45) is 1.82. The van der Waals surface area contributed by atoms with Crippen molar-refractivity contribution in [2.24, 2.45) is 0 Å². The number of hydrogen-bond donors (Lipinski definition) is 1. The van der Waals surface area contributed by atoms with Gasteiger partial charge in [-0.3, -0.25) is 0 Å². The summed E-state index contributed by atoms with van der Waals surface area (Å²) in [6.45, 7) is 1.56. The van der Waals surface area contributed by atoms with E-state index in [1.165, 1.54) is 17.8 Å². The molecule has 4 heteroatoms. The lowest BCUT2D eigenvalue weighted by molar-refractivity contribution is 0.0691. The predicted octanol–water partition coefficient (Wildman–Crippen LogP) is 2.55. The van der Waals surface area contributed by atoms with Crippen molar-refractivity contribution in [2.45, 2.75) is 11.8 Å². The van der Waals surface area contributed by atoms with E-state index in [-0.39, 0.29) is 5.56 Å². The Morgan fingerprint density at radius 1 is 1.54 bits per heavy atom. The van der Waals surface area contributed by atoms with Gasteiger partial charge in [0.05, 0.1) is 5.56 Å². The van der Waals surface area contributed by atoms with Gasteiger partial charge < -0.3 is 5.11 Å². The van der Waals surface area contributed by atoms with E-state index in [9.17, 15) is 9.18 Å². The average Bonchev–Trinajstić information content (AvgIpc) is 2.09. The molecular weight excluding hydrogens is 191 g/mol. The van der Waals surface area contributed by atoms with Crippen LogP contribution in [0, 0.1) is 12.7 Å². The lowest BCUT2D eigenvalue weighted by atomic mass is 10.1. The summed E-state index contributed by atoms with van der Waals surface area (Å²) in [4.78, 5) is 11.4. The normalized spacial score (nSPS) is 10.1. The van der Waals surface area contributed by atoms with E-state index in [0.29, 0.717) is 5.56 Å². The van der Waals surface area contributed by atoms with Gasteiger partial charge in [0.2, 0.25) is 0 Å². The fourth-order valence-electron chi connectivity index (χ4n) is 1.01. The van der Waals surface area contributed by atoms with Crippen molar-refractivity contribution in [2.75, 3.05) is 6.26 Å². The second-order valence-electron chi connectivity index (χ2n) is 2.61. The van der Waals surface area contributed by atoms with E-state index < -0.39 is 11.8 Å². The van der Waals surface area contributed by atoms with E-state index in [4.69, 9.17) is 5.11 Å². The molecule has 1 N–H and O–H groups in total. The van der Waals surface area contributed by atoms with Crippen LogP contribution in [0.5, 0.6) is 0 Å². The molecule has 0 aromatic heterocycles. The lowest BCUT2D eigenvalue weighted by Gasteiger charge is -2.04. The van der Waals surface area contributed by atoms with Gasteiger partial charge in [-0.15, -0.1) is 11.8 Å². The third-order valence-electron chi connectivity index (χ3n) is 1.69. The minimum atomic E-state index is -1.23. The van der Waals surface area contributed by atoms with E-state index in [0.717, 1.165) is 4.90 Å². The minimum Gasteiger partial charge on any atom is -0.478 e. The Labute approximate surface area is 79.8 Å². The standard InChI is InChI=1S/C9H9FO2S/c1-5-3-6(13-2)4-7(8(5)10)9(11)12/h3-4H,1-2H3,(H,11,12). The zero-order valence-corrected chi connectivity index (χ0v) is 8.11. The van der Waals surface area contributed by atoms with Crippen LogP contribution >= 0.6 is 11.8 Å². The first-order chi connectivity index (χ1) is 6.06. The summed E-state index contributed by atoms with van der Waals surface area (Å²) < 4.78 is 13.2. The molecule has 70 valence electrons. The van der Waals surface area contributed by atoms with Crippen LogP contribution in [0.1, 0.15) is 15.9 Å². The highest BCUT2D eigenvalue weighted by Gasteiger charge is 2.13. The van der Waals surface area contributed by atoms with Crippen molar-refractivity contribution < 1.29 is 14.3 Å². The predicted molar refractivity (Wildman–Crippen MR) is 49.9 cm³/mol. The molecule has 0 aliphatic rings. The van der Waals surface area contributed by atoms with Gasteiger partial charge in [0.1, 0.15) is 5.82 Å². The Kier molecular flexibility index (Phi) is 2.93. The van der Waals surface area contributed by atoms with Crippen molar-refractivity contribution >= 4 is 17.7 Å². The number of benzene rings is 1. The van der Waals surface area contributed by atoms with E-state index in [2.05, 4.69) is 0 Å². The number of aryl methyl sites for hydroxylation is 1. The Morgan fingerprint density at radius 3 is 2.62 bits per heavy atom. The van der Waals surface area contributed by atoms with Crippen LogP contribution in [-0.2, 0) is 0 Å². The molecule has 1 rings (SSSR count). The van der Waals surface area contributed by atoms with Crippen molar-refractivity contribution in [1.29, 1.82) is 0 Å². The molecule has 1 aromatic carbocycles. The van der Waals surface area contributed by atoms with Crippen LogP contribution in [0.15, 0.2) is 17.0 Å². The van der Waals surface area contributed by atoms with Gasteiger partial charge in [-0.05, 0) is 30.9 Å². The van der Waals surface area contributed by atoms with Crippen molar-refractivity contribution in [1.82, 2.24) is 0 Å². The first-order valence-corrected chi connectivity index (χ1v) is 4.86. The Balaban J connectivity index is 3.33. The quantitative estimate of drug-likeness (QED) is 0.745. The maximum atomic E-state index is 13.2. The molecule has 0 fully saturated rings. The minimum absolute atomic E-state index is 0.260. The number of rotatable bonds is 2. The zero-order chi connectivity index (χ0) is 10.0. The van der Waals surface area contributed by atoms with Gasteiger partial charge in [-0.25, -0.2) is 9.18 Å². The van der Waals surface area contributed by atoms with Gasteiger partial charge in [-0.2, -0.15) is 0 Å². The molecule has 0 bridgehead atoms. The second-order valence-corrected chi connectivity index (χ2v) is 3.49. The monoisotopic (exact) mass is 200 g/mol. The number of carboxylic acid groups (broad SMARTS) is 1. The third-order valence-corrected chi connectivity index (χ3v) is 2.40. The molecule has 0 heterocycles. The molecule has 2 nitrogen and oxygen atoms in total. The number of carboxylic acids is 1. The van der Waals surface area contributed by atoms with Gasteiger partial charge in [0.15, 0.2) is 0 Å². The summed E-state index contributed by atoms with van der Waals surface area (Å²) in [5, 5.41) is 8.66. The number of hydrogen-bond acceptors (Lipinski definition) is 2. The van der Waals surface area contributed by atoms with Crippen LogP contribution < -0.4 is 0 Å². The number of halogens is 1. The van der Waals surface area contributed by atoms with Gasteiger partial charge >= 0.3 is 5.97 Å². The van der Waals surface area contributed by atoms with Gasteiger partial charge in [0, 0.05) is 4.90 Å². The molecule has 13 heavy (non-hydrogen) atoms. The fourth-order valence-corrected chi connectivity index (χ4v) is 1.54. The van der Waals surface area contributed by atoms with Crippen LogP contribution in [0.3, 0.4) is 0 Å². The van der Waals surface area contributed by atoms with Crippen LogP contribution in [0.25, 0.3) is 0 Å². The zero-order valence-electron chi connectivity index (χ0n) is 7.30. The molecule has 0 unspecified atom stereocenters. The number of carbonyl (C=O) groups is 1. The van der Waals surface area contributed by atoms with Crippen LogP contribution in [-0.4, -0.2) is 17.3 Å². The molecule has 0 radical (unpaired) electrons. The first-order valence-electron chi connectivity index (χ1n) is 3.63. The topological polar surface area (TPSA) is 37.3 Å². The molecule has 0 saturated carbocycles. The molecule has 0 aliphatic heterocycles. The fraction of sp³-hybridized carbons (Fsp3) is 0.222. The number of aromatic carboxylic acids is 1. The van der Waals surface area contributed by atoms with Crippen LogP contribution in [0.4, 0.5) is 4.39 Å². The van der Waals surface area contributed by atoms with E-state index >= 15 is 0 Å². The average molecular weight is 200 g/mol.